The van der Waals surface area contributed by atoms with Gasteiger partial charge in [-0.15, -0.1) is 0 Å². The Morgan fingerprint density at radius 2 is 1.88 bits per heavy atom. The van der Waals surface area contributed by atoms with E-state index < -0.39 is 0 Å². The number of rotatable bonds is 8. The molecular weight excluding hydrogens is 412 g/mol. The van der Waals surface area contributed by atoms with Gasteiger partial charge in [-0.05, 0) is 47.2 Å². The normalized spacial score (nSPS) is 14.1. The summed E-state index contributed by atoms with van der Waals surface area (Å²) in [4.78, 5) is 26.0. The molecule has 0 saturated carbocycles. The molecule has 0 atom stereocenters. The molecule has 2 aromatic carbocycles. The first-order chi connectivity index (χ1) is 16.0. The van der Waals surface area contributed by atoms with Gasteiger partial charge in [0, 0.05) is 38.0 Å². The van der Waals surface area contributed by atoms with E-state index in [-0.39, 0.29) is 5.91 Å². The van der Waals surface area contributed by atoms with Gasteiger partial charge in [0.2, 0.25) is 5.91 Å². The summed E-state index contributed by atoms with van der Waals surface area (Å²) < 4.78 is 5.51. The molecule has 0 radical (unpaired) electrons. The minimum absolute atomic E-state index is 0.231. The van der Waals surface area contributed by atoms with Crippen LogP contribution in [-0.4, -0.2) is 53.6 Å². The molecule has 174 valence electrons. The van der Waals surface area contributed by atoms with Crippen molar-refractivity contribution >= 4 is 22.6 Å². The molecule has 1 fully saturated rings. The molecule has 33 heavy (non-hydrogen) atoms. The van der Waals surface area contributed by atoms with Gasteiger partial charge in [-0.3, -0.25) is 4.79 Å². The first kappa shape index (κ1) is 23.2. The van der Waals surface area contributed by atoms with Gasteiger partial charge in [-0.25, -0.2) is 9.97 Å². The number of fused-ring (bicyclic) bond motifs is 1. The topological polar surface area (TPSA) is 58.6 Å². The number of ether oxygens (including phenoxy) is 1. The smallest absolute Gasteiger partial charge is 0.222 e. The van der Waals surface area contributed by atoms with Gasteiger partial charge in [-0.2, -0.15) is 0 Å². The Balaban J connectivity index is 1.63. The highest BCUT2D eigenvalue weighted by molar-refractivity contribution is 5.93. The molecule has 4 rings (SSSR count). The number of nitrogens with zero attached hydrogens (tertiary/aromatic N) is 4. The van der Waals surface area contributed by atoms with Crippen LogP contribution in [0.25, 0.3) is 22.0 Å². The predicted octanol–water partition coefficient (Wildman–Crippen LogP) is 4.92. The summed E-state index contributed by atoms with van der Waals surface area (Å²) in [6, 6.07) is 14.9. The van der Waals surface area contributed by atoms with Gasteiger partial charge < -0.3 is 14.5 Å². The van der Waals surface area contributed by atoms with E-state index in [4.69, 9.17) is 4.74 Å². The second kappa shape index (κ2) is 10.8. The second-order valence-electron chi connectivity index (χ2n) is 9.15. The second-order valence-corrected chi connectivity index (χ2v) is 9.15. The van der Waals surface area contributed by atoms with E-state index in [0.29, 0.717) is 18.9 Å². The number of amides is 1. The Labute approximate surface area is 196 Å². The summed E-state index contributed by atoms with van der Waals surface area (Å²) >= 11 is 0. The van der Waals surface area contributed by atoms with Crippen LogP contribution in [0.4, 0.5) is 5.82 Å². The van der Waals surface area contributed by atoms with E-state index in [1.807, 2.05) is 4.90 Å². The zero-order valence-electron chi connectivity index (χ0n) is 20.0. The molecule has 1 amide bonds. The van der Waals surface area contributed by atoms with Crippen LogP contribution in [0.5, 0.6) is 0 Å². The largest absolute Gasteiger partial charge is 0.378 e. The number of aromatic nitrogens is 2. The van der Waals surface area contributed by atoms with Crippen molar-refractivity contribution in [2.24, 2.45) is 5.92 Å². The van der Waals surface area contributed by atoms with E-state index in [2.05, 4.69) is 78.1 Å². The van der Waals surface area contributed by atoms with Gasteiger partial charge in [0.15, 0.2) is 0 Å². The predicted molar refractivity (Wildman–Crippen MR) is 133 cm³/mol. The molecule has 1 aliphatic heterocycles. The van der Waals surface area contributed by atoms with Gasteiger partial charge in [0.05, 0.1) is 18.7 Å². The molecule has 1 aliphatic rings. The number of carbonyl (C=O) groups excluding carboxylic acids is 1. The highest BCUT2D eigenvalue weighted by Crippen LogP contribution is 2.30. The van der Waals surface area contributed by atoms with Gasteiger partial charge in [0.1, 0.15) is 12.1 Å². The fourth-order valence-electron chi connectivity index (χ4n) is 4.39. The number of hydrogen-bond acceptors (Lipinski definition) is 5. The van der Waals surface area contributed by atoms with E-state index in [9.17, 15) is 4.79 Å². The Morgan fingerprint density at radius 1 is 1.09 bits per heavy atom. The van der Waals surface area contributed by atoms with Crippen molar-refractivity contribution in [1.82, 2.24) is 14.9 Å². The first-order valence-corrected chi connectivity index (χ1v) is 12.0. The van der Waals surface area contributed by atoms with Crippen LogP contribution in [0.3, 0.4) is 0 Å². The zero-order valence-corrected chi connectivity index (χ0v) is 20.0. The number of benzene rings is 2. The summed E-state index contributed by atoms with van der Waals surface area (Å²) in [6.07, 6.45) is 3.11. The van der Waals surface area contributed by atoms with Crippen LogP contribution < -0.4 is 4.90 Å². The summed E-state index contributed by atoms with van der Waals surface area (Å²) in [6.45, 7) is 10.9. The maximum absolute atomic E-state index is 12.7. The third kappa shape index (κ3) is 5.69. The van der Waals surface area contributed by atoms with Crippen LogP contribution in [0.1, 0.15) is 39.2 Å². The minimum Gasteiger partial charge on any atom is -0.378 e. The van der Waals surface area contributed by atoms with E-state index in [1.54, 1.807) is 6.33 Å². The van der Waals surface area contributed by atoms with Crippen molar-refractivity contribution in [3.8, 4) is 11.1 Å². The molecule has 1 aromatic heterocycles. The number of carbonyl (C=O) groups is 1. The molecule has 0 unspecified atom stereocenters. The lowest BCUT2D eigenvalue weighted by atomic mass is 10.0. The monoisotopic (exact) mass is 446 g/mol. The Bertz CT molecular complexity index is 1090. The molecule has 0 aliphatic carbocycles. The van der Waals surface area contributed by atoms with Crippen molar-refractivity contribution in [2.75, 3.05) is 37.7 Å². The molecule has 1 saturated heterocycles. The zero-order chi connectivity index (χ0) is 23.2. The molecule has 6 nitrogen and oxygen atoms in total. The first-order valence-electron chi connectivity index (χ1n) is 12.0. The maximum Gasteiger partial charge on any atom is 0.222 e. The Morgan fingerprint density at radius 3 is 2.64 bits per heavy atom. The maximum atomic E-state index is 12.7. The lowest BCUT2D eigenvalue weighted by Crippen LogP contribution is -2.36. The van der Waals surface area contributed by atoms with Crippen molar-refractivity contribution in [1.29, 1.82) is 0 Å². The standard InChI is InChI=1S/C27H34N4O2/c1-4-6-26(32)31(17-20(2)3)18-21-7-5-8-22(15-21)23-9-10-25-24(16-23)27(29-19-28-25)30-11-13-33-14-12-30/h5,7-10,15-16,19-20H,4,6,11-14,17-18H2,1-3H3. The fraction of sp³-hybridized carbons (Fsp3) is 0.444. The summed E-state index contributed by atoms with van der Waals surface area (Å²) in [5, 5.41) is 1.06. The lowest BCUT2D eigenvalue weighted by Gasteiger charge is -2.28. The Kier molecular flexibility index (Phi) is 7.55. The fourth-order valence-corrected chi connectivity index (χ4v) is 4.39. The van der Waals surface area contributed by atoms with Gasteiger partial charge in [-0.1, -0.05) is 45.0 Å². The number of anilines is 1. The number of hydrogen-bond donors (Lipinski definition) is 0. The Hall–Kier alpha value is -2.99. The summed E-state index contributed by atoms with van der Waals surface area (Å²) in [5.41, 5.74) is 4.36. The molecule has 0 N–H and O–H groups in total. The summed E-state index contributed by atoms with van der Waals surface area (Å²) in [5.74, 6) is 1.64. The van der Waals surface area contributed by atoms with Crippen LogP contribution in [-0.2, 0) is 16.1 Å². The average molecular weight is 447 g/mol. The van der Waals surface area contributed by atoms with Crippen molar-refractivity contribution < 1.29 is 9.53 Å². The number of morpholine rings is 1. The van der Waals surface area contributed by atoms with Crippen LogP contribution in [0.2, 0.25) is 0 Å². The average Bonchev–Trinajstić information content (AvgIpc) is 2.83. The summed E-state index contributed by atoms with van der Waals surface area (Å²) in [7, 11) is 0. The SMILES string of the molecule is CCCC(=O)N(Cc1cccc(-c2ccc3ncnc(N4CCOCC4)c3c2)c1)CC(C)C. The minimum atomic E-state index is 0.231. The van der Waals surface area contributed by atoms with Crippen molar-refractivity contribution in [3.05, 3.63) is 54.4 Å². The van der Waals surface area contributed by atoms with Crippen LogP contribution in [0, 0.1) is 5.92 Å². The molecule has 2 heterocycles. The van der Waals surface area contributed by atoms with Gasteiger partial charge >= 0.3 is 0 Å². The lowest BCUT2D eigenvalue weighted by molar-refractivity contribution is -0.132. The molecule has 0 bridgehead atoms. The molecular formula is C27H34N4O2. The van der Waals surface area contributed by atoms with Crippen LogP contribution in [0.15, 0.2) is 48.8 Å². The molecule has 6 heteroatoms. The third-order valence-corrected chi connectivity index (χ3v) is 5.96. The van der Waals surface area contributed by atoms with Crippen molar-refractivity contribution in [2.45, 2.75) is 40.2 Å². The third-order valence-electron chi connectivity index (χ3n) is 5.96. The molecule has 3 aromatic rings. The highest BCUT2D eigenvalue weighted by atomic mass is 16.5. The van der Waals surface area contributed by atoms with Gasteiger partial charge in [0.25, 0.3) is 0 Å². The highest BCUT2D eigenvalue weighted by Gasteiger charge is 2.17. The van der Waals surface area contributed by atoms with Crippen molar-refractivity contribution in [3.63, 3.8) is 0 Å². The van der Waals surface area contributed by atoms with Crippen LogP contribution >= 0.6 is 0 Å². The quantitative estimate of drug-likeness (QED) is 0.492. The van der Waals surface area contributed by atoms with E-state index >= 15 is 0 Å². The van der Waals surface area contributed by atoms with E-state index in [0.717, 1.165) is 72.7 Å². The van der Waals surface area contributed by atoms with E-state index in [1.165, 1.54) is 0 Å². The molecule has 0 spiro atoms.